The number of nitrogens with zero attached hydrogens (tertiary/aromatic N) is 2. The highest BCUT2D eigenvalue weighted by atomic mass is 16.5. The van der Waals surface area contributed by atoms with Gasteiger partial charge in [-0.25, -0.2) is 4.98 Å². The fraction of sp³-hybridized carbons (Fsp3) is 0.467. The largest absolute Gasteiger partial charge is 0.380 e. The van der Waals surface area contributed by atoms with Crippen LogP contribution in [0.3, 0.4) is 0 Å². The summed E-state index contributed by atoms with van der Waals surface area (Å²) < 4.78 is 5.29. The smallest absolute Gasteiger partial charge is 0.273 e. The van der Waals surface area contributed by atoms with Crippen LogP contribution in [-0.2, 0) is 4.74 Å². The van der Waals surface area contributed by atoms with E-state index in [0.717, 1.165) is 0 Å². The summed E-state index contributed by atoms with van der Waals surface area (Å²) >= 11 is 0. The second-order valence-electron chi connectivity index (χ2n) is 3.99. The maximum Gasteiger partial charge on any atom is 0.273 e. The average Bonchev–Trinajstić information content (AvgIpc) is 2.49. The van der Waals surface area contributed by atoms with Gasteiger partial charge in [-0.15, -0.1) is 0 Å². The molecule has 0 aliphatic carbocycles. The number of amides is 1. The van der Waals surface area contributed by atoms with Crippen molar-refractivity contribution in [2.24, 2.45) is 5.73 Å². The first-order valence-electron chi connectivity index (χ1n) is 6.75. The molecule has 0 saturated heterocycles. The minimum absolute atomic E-state index is 0.130. The van der Waals surface area contributed by atoms with Crippen molar-refractivity contribution >= 4 is 5.91 Å². The molecule has 0 unspecified atom stereocenters. The van der Waals surface area contributed by atoms with E-state index in [1.54, 1.807) is 23.2 Å². The lowest BCUT2D eigenvalue weighted by atomic mass is 10.1. The standard InChI is InChI=1S/C15H21N3O2/c1-3-18(11-12-20-4-2)15(19)14-13(7-5-9-16)8-6-10-17-14/h6,8,10H,3-4,9,11-12,16H2,1-2H3. The minimum atomic E-state index is -0.130. The summed E-state index contributed by atoms with van der Waals surface area (Å²) in [6.07, 6.45) is 1.59. The maximum atomic E-state index is 12.5. The van der Waals surface area contributed by atoms with Crippen molar-refractivity contribution in [3.63, 3.8) is 0 Å². The van der Waals surface area contributed by atoms with Crippen molar-refractivity contribution < 1.29 is 9.53 Å². The Bertz CT molecular complexity index is 491. The Kier molecular flexibility index (Phi) is 7.33. The van der Waals surface area contributed by atoms with E-state index in [2.05, 4.69) is 16.8 Å². The molecule has 1 aromatic heterocycles. The molecule has 5 nitrogen and oxygen atoms in total. The molecule has 1 aromatic rings. The normalized spacial score (nSPS) is 9.75. The van der Waals surface area contributed by atoms with E-state index >= 15 is 0 Å². The van der Waals surface area contributed by atoms with E-state index in [-0.39, 0.29) is 12.5 Å². The Morgan fingerprint density at radius 2 is 2.30 bits per heavy atom. The van der Waals surface area contributed by atoms with Crippen LogP contribution in [0.2, 0.25) is 0 Å². The lowest BCUT2D eigenvalue weighted by molar-refractivity contribution is 0.0663. The van der Waals surface area contributed by atoms with Gasteiger partial charge >= 0.3 is 0 Å². The Balaban J connectivity index is 2.89. The van der Waals surface area contributed by atoms with Crippen LogP contribution in [-0.4, -0.2) is 48.6 Å². The molecule has 0 bridgehead atoms. The molecule has 0 aliphatic rings. The second-order valence-corrected chi connectivity index (χ2v) is 3.99. The first-order chi connectivity index (χ1) is 9.74. The third-order valence-corrected chi connectivity index (χ3v) is 2.71. The number of carbonyl (C=O) groups is 1. The van der Waals surface area contributed by atoms with Gasteiger partial charge in [0.2, 0.25) is 0 Å². The molecule has 5 heteroatoms. The summed E-state index contributed by atoms with van der Waals surface area (Å²) in [7, 11) is 0. The molecule has 2 N–H and O–H groups in total. The van der Waals surface area contributed by atoms with Gasteiger partial charge in [0.1, 0.15) is 5.69 Å². The predicted octanol–water partition coefficient (Wildman–Crippen LogP) is 0.890. The number of nitrogens with two attached hydrogens (primary N) is 1. The number of hydrogen-bond donors (Lipinski definition) is 1. The van der Waals surface area contributed by atoms with E-state index in [1.165, 1.54) is 0 Å². The van der Waals surface area contributed by atoms with Crippen molar-refractivity contribution in [2.75, 3.05) is 32.8 Å². The fourth-order valence-corrected chi connectivity index (χ4v) is 1.69. The number of rotatable bonds is 6. The Morgan fingerprint density at radius 1 is 1.50 bits per heavy atom. The summed E-state index contributed by atoms with van der Waals surface area (Å²) in [6.45, 7) is 6.42. The van der Waals surface area contributed by atoms with E-state index in [1.807, 2.05) is 13.8 Å². The lowest BCUT2D eigenvalue weighted by Gasteiger charge is -2.20. The molecular weight excluding hydrogens is 254 g/mol. The molecule has 1 amide bonds. The zero-order valence-corrected chi connectivity index (χ0v) is 12.1. The van der Waals surface area contributed by atoms with Crippen molar-refractivity contribution in [1.29, 1.82) is 0 Å². The molecule has 0 aromatic carbocycles. The molecule has 20 heavy (non-hydrogen) atoms. The zero-order valence-electron chi connectivity index (χ0n) is 12.1. The maximum absolute atomic E-state index is 12.5. The van der Waals surface area contributed by atoms with Crippen LogP contribution >= 0.6 is 0 Å². The van der Waals surface area contributed by atoms with E-state index in [9.17, 15) is 4.79 Å². The van der Waals surface area contributed by atoms with Gasteiger partial charge in [0.25, 0.3) is 5.91 Å². The zero-order chi connectivity index (χ0) is 14.8. The molecule has 0 aliphatic heterocycles. The third-order valence-electron chi connectivity index (χ3n) is 2.71. The van der Waals surface area contributed by atoms with E-state index < -0.39 is 0 Å². The second kappa shape index (κ2) is 9.08. The first kappa shape index (κ1) is 16.2. The van der Waals surface area contributed by atoms with Crippen LogP contribution in [0.1, 0.15) is 29.9 Å². The van der Waals surface area contributed by atoms with Gasteiger partial charge in [-0.05, 0) is 26.0 Å². The van der Waals surface area contributed by atoms with Crippen LogP contribution in [0, 0.1) is 11.8 Å². The van der Waals surface area contributed by atoms with Crippen LogP contribution < -0.4 is 5.73 Å². The summed E-state index contributed by atoms with van der Waals surface area (Å²) in [4.78, 5) is 18.3. The highest BCUT2D eigenvalue weighted by molar-refractivity contribution is 5.94. The number of likely N-dealkylation sites (N-methyl/N-ethyl adjacent to an activating group) is 1. The number of hydrogen-bond acceptors (Lipinski definition) is 4. The molecule has 1 rings (SSSR count). The highest BCUT2D eigenvalue weighted by Gasteiger charge is 2.18. The van der Waals surface area contributed by atoms with Gasteiger partial charge < -0.3 is 15.4 Å². The van der Waals surface area contributed by atoms with Crippen LogP contribution in [0.5, 0.6) is 0 Å². The molecular formula is C15H21N3O2. The van der Waals surface area contributed by atoms with Crippen LogP contribution in [0.4, 0.5) is 0 Å². The first-order valence-corrected chi connectivity index (χ1v) is 6.75. The molecule has 1 heterocycles. The van der Waals surface area contributed by atoms with Crippen molar-refractivity contribution in [2.45, 2.75) is 13.8 Å². The average molecular weight is 275 g/mol. The minimum Gasteiger partial charge on any atom is -0.380 e. The number of carbonyl (C=O) groups excluding carboxylic acids is 1. The summed E-state index contributed by atoms with van der Waals surface area (Å²) in [5.74, 6) is 5.50. The van der Waals surface area contributed by atoms with E-state index in [0.29, 0.717) is 37.6 Å². The fourth-order valence-electron chi connectivity index (χ4n) is 1.69. The van der Waals surface area contributed by atoms with Gasteiger partial charge in [0, 0.05) is 25.9 Å². The Morgan fingerprint density at radius 3 is 2.95 bits per heavy atom. The Hall–Kier alpha value is -1.90. The summed E-state index contributed by atoms with van der Waals surface area (Å²) in [5.41, 5.74) is 6.34. The van der Waals surface area contributed by atoms with E-state index in [4.69, 9.17) is 10.5 Å². The molecule has 0 saturated carbocycles. The number of aromatic nitrogens is 1. The van der Waals surface area contributed by atoms with Gasteiger partial charge in [0.15, 0.2) is 0 Å². The summed E-state index contributed by atoms with van der Waals surface area (Å²) in [6, 6.07) is 3.53. The van der Waals surface area contributed by atoms with Gasteiger partial charge in [-0.3, -0.25) is 4.79 Å². The van der Waals surface area contributed by atoms with Gasteiger partial charge in [0.05, 0.1) is 18.7 Å². The SMILES string of the molecule is CCOCCN(CC)C(=O)c1ncccc1C#CCN. The van der Waals surface area contributed by atoms with Crippen molar-refractivity contribution in [1.82, 2.24) is 9.88 Å². The number of ether oxygens (including phenoxy) is 1. The van der Waals surface area contributed by atoms with Crippen LogP contribution in [0.15, 0.2) is 18.3 Å². The van der Waals surface area contributed by atoms with Gasteiger partial charge in [-0.1, -0.05) is 11.8 Å². The molecule has 0 spiro atoms. The molecule has 108 valence electrons. The topological polar surface area (TPSA) is 68.5 Å². The quantitative estimate of drug-likeness (QED) is 0.618. The third kappa shape index (κ3) is 4.65. The Labute approximate surface area is 120 Å². The molecule has 0 atom stereocenters. The van der Waals surface area contributed by atoms with Gasteiger partial charge in [-0.2, -0.15) is 0 Å². The predicted molar refractivity (Wildman–Crippen MR) is 78.2 cm³/mol. The summed E-state index contributed by atoms with van der Waals surface area (Å²) in [5, 5.41) is 0. The monoisotopic (exact) mass is 275 g/mol. The van der Waals surface area contributed by atoms with Crippen LogP contribution in [0.25, 0.3) is 0 Å². The van der Waals surface area contributed by atoms with Crippen molar-refractivity contribution in [3.05, 3.63) is 29.6 Å². The van der Waals surface area contributed by atoms with Crippen molar-refractivity contribution in [3.8, 4) is 11.8 Å². The molecule has 0 fully saturated rings. The highest BCUT2D eigenvalue weighted by Crippen LogP contribution is 2.08. The lowest BCUT2D eigenvalue weighted by Crippen LogP contribution is -2.34. The molecule has 0 radical (unpaired) electrons. The number of pyridine rings is 1.